The van der Waals surface area contributed by atoms with E-state index in [0.717, 1.165) is 5.69 Å². The fraction of sp³-hybridized carbons (Fsp3) is 0.250. The van der Waals surface area contributed by atoms with Crippen LogP contribution in [-0.4, -0.2) is 28.0 Å². The first kappa shape index (κ1) is 13.7. The largest absolute Gasteiger partial charge is 0.504 e. The number of hydrogen-bond donors (Lipinski definition) is 1. The summed E-state index contributed by atoms with van der Waals surface area (Å²) in [6.07, 6.45) is 0. The fourth-order valence-corrected chi connectivity index (χ4v) is 2.25. The Hall–Kier alpha value is -0.740. The number of hydrogen-bond acceptors (Lipinski definition) is 3. The molecule has 0 unspecified atom stereocenters. The number of phenols is 1. The molecule has 2 rings (SSSR count). The molecular formula is C12H11Cl3N2O. The second-order valence-corrected chi connectivity index (χ2v) is 5.07. The molecule has 18 heavy (non-hydrogen) atoms. The lowest BCUT2D eigenvalue weighted by molar-refractivity contribution is 0.377. The summed E-state index contributed by atoms with van der Waals surface area (Å²) in [7, 11) is 1.88. The Kier molecular flexibility index (Phi) is 4.17. The Balaban J connectivity index is 2.53. The van der Waals surface area contributed by atoms with Gasteiger partial charge in [0.05, 0.1) is 21.7 Å². The van der Waals surface area contributed by atoms with Gasteiger partial charge in [-0.25, -0.2) is 4.98 Å². The number of pyridine rings is 1. The molecule has 1 N–H and O–H groups in total. The van der Waals surface area contributed by atoms with Crippen LogP contribution in [0.3, 0.4) is 0 Å². The van der Waals surface area contributed by atoms with Gasteiger partial charge in [-0.05, 0) is 25.2 Å². The standard InChI is InChI=1S/C12H11Cl3N2O/c1-17(6-13)5-7-2-3-8-9(14)4-10(15)12(18)11(8)16-7/h2-4,18H,5-6H2,1H3. The molecule has 0 aliphatic heterocycles. The average Bonchev–Trinajstić information content (AvgIpc) is 2.36. The number of aromatic nitrogens is 1. The maximum absolute atomic E-state index is 9.91. The van der Waals surface area contributed by atoms with Crippen LogP contribution in [0.25, 0.3) is 10.9 Å². The van der Waals surface area contributed by atoms with Gasteiger partial charge < -0.3 is 5.11 Å². The molecule has 0 saturated heterocycles. The van der Waals surface area contributed by atoms with Gasteiger partial charge in [0.15, 0.2) is 5.75 Å². The highest BCUT2D eigenvalue weighted by molar-refractivity contribution is 6.39. The lowest BCUT2D eigenvalue weighted by atomic mass is 10.2. The molecule has 0 amide bonds. The van der Waals surface area contributed by atoms with E-state index in [1.165, 1.54) is 6.07 Å². The molecule has 0 fully saturated rings. The molecule has 0 aliphatic carbocycles. The predicted octanol–water partition coefficient (Wildman–Crippen LogP) is 3.88. The van der Waals surface area contributed by atoms with E-state index in [1.807, 2.05) is 24.1 Å². The molecule has 0 aliphatic rings. The van der Waals surface area contributed by atoms with E-state index in [9.17, 15) is 5.11 Å². The minimum absolute atomic E-state index is 0.0496. The van der Waals surface area contributed by atoms with Crippen molar-refractivity contribution in [1.82, 2.24) is 9.88 Å². The Morgan fingerprint density at radius 3 is 2.67 bits per heavy atom. The van der Waals surface area contributed by atoms with Crippen LogP contribution < -0.4 is 0 Å². The molecule has 0 saturated carbocycles. The number of halogens is 3. The van der Waals surface area contributed by atoms with Crippen LogP contribution in [0.15, 0.2) is 18.2 Å². The van der Waals surface area contributed by atoms with Crippen molar-refractivity contribution in [3.05, 3.63) is 33.9 Å². The van der Waals surface area contributed by atoms with Crippen LogP contribution >= 0.6 is 34.8 Å². The fourth-order valence-electron chi connectivity index (χ4n) is 1.65. The van der Waals surface area contributed by atoms with Gasteiger partial charge in [-0.3, -0.25) is 4.90 Å². The van der Waals surface area contributed by atoms with Gasteiger partial charge >= 0.3 is 0 Å². The molecular weight excluding hydrogens is 295 g/mol. The van der Waals surface area contributed by atoms with Crippen molar-refractivity contribution in [1.29, 1.82) is 0 Å². The van der Waals surface area contributed by atoms with Crippen molar-refractivity contribution in [2.75, 3.05) is 13.1 Å². The van der Waals surface area contributed by atoms with E-state index in [0.29, 0.717) is 28.5 Å². The van der Waals surface area contributed by atoms with Crippen LogP contribution in [0.1, 0.15) is 5.69 Å². The number of phenolic OH excluding ortho intramolecular Hbond substituents is 1. The third kappa shape index (κ3) is 2.64. The van der Waals surface area contributed by atoms with Gasteiger partial charge in [-0.15, -0.1) is 11.6 Å². The molecule has 0 atom stereocenters. The van der Waals surface area contributed by atoms with Crippen LogP contribution in [0.2, 0.25) is 10.0 Å². The normalized spacial score (nSPS) is 11.4. The van der Waals surface area contributed by atoms with Gasteiger partial charge in [-0.2, -0.15) is 0 Å². The summed E-state index contributed by atoms with van der Waals surface area (Å²) in [4.78, 5) is 6.25. The molecule has 2 aromatic rings. The zero-order valence-corrected chi connectivity index (χ0v) is 11.9. The summed E-state index contributed by atoms with van der Waals surface area (Å²) in [5.74, 6) is -0.0496. The second-order valence-electron chi connectivity index (χ2n) is 4.02. The predicted molar refractivity (Wildman–Crippen MR) is 75.6 cm³/mol. The van der Waals surface area contributed by atoms with Gasteiger partial charge in [-0.1, -0.05) is 23.2 Å². The smallest absolute Gasteiger partial charge is 0.160 e. The SMILES string of the molecule is CN(CCl)Cc1ccc2c(Cl)cc(Cl)c(O)c2n1. The van der Waals surface area contributed by atoms with E-state index < -0.39 is 0 Å². The number of nitrogens with zero attached hydrogens (tertiary/aromatic N) is 2. The monoisotopic (exact) mass is 304 g/mol. The van der Waals surface area contributed by atoms with Crippen molar-refractivity contribution in [3.8, 4) is 5.75 Å². The minimum atomic E-state index is -0.0496. The number of fused-ring (bicyclic) bond motifs is 1. The van der Waals surface area contributed by atoms with Crippen molar-refractivity contribution < 1.29 is 5.11 Å². The highest BCUT2D eigenvalue weighted by Gasteiger charge is 2.11. The highest BCUT2D eigenvalue weighted by atomic mass is 35.5. The first-order valence-electron chi connectivity index (χ1n) is 5.24. The number of rotatable bonds is 3. The molecule has 0 bridgehead atoms. The van der Waals surface area contributed by atoms with Crippen molar-refractivity contribution >= 4 is 45.7 Å². The summed E-state index contributed by atoms with van der Waals surface area (Å²) in [5, 5.41) is 11.2. The summed E-state index contributed by atoms with van der Waals surface area (Å²) in [6, 6.07) is 5.58. The Morgan fingerprint density at radius 1 is 1.28 bits per heavy atom. The maximum Gasteiger partial charge on any atom is 0.160 e. The summed E-state index contributed by atoms with van der Waals surface area (Å²) in [6.45, 7) is 0.586. The zero-order chi connectivity index (χ0) is 13.3. The third-order valence-electron chi connectivity index (χ3n) is 2.55. The molecule has 6 heteroatoms. The Morgan fingerprint density at radius 2 is 2.00 bits per heavy atom. The molecule has 0 radical (unpaired) electrons. The maximum atomic E-state index is 9.91. The molecule has 96 valence electrons. The lowest BCUT2D eigenvalue weighted by Crippen LogP contribution is -2.16. The van der Waals surface area contributed by atoms with E-state index in [-0.39, 0.29) is 10.8 Å². The van der Waals surface area contributed by atoms with E-state index in [1.54, 1.807) is 0 Å². The molecule has 1 heterocycles. The van der Waals surface area contributed by atoms with Crippen molar-refractivity contribution in [2.45, 2.75) is 6.54 Å². The van der Waals surface area contributed by atoms with Gasteiger partial charge in [0.1, 0.15) is 5.52 Å². The molecule has 3 nitrogen and oxygen atoms in total. The minimum Gasteiger partial charge on any atom is -0.504 e. The number of alkyl halides is 1. The van der Waals surface area contributed by atoms with E-state index in [2.05, 4.69) is 4.98 Å². The highest BCUT2D eigenvalue weighted by Crippen LogP contribution is 2.36. The molecule has 1 aromatic carbocycles. The first-order valence-corrected chi connectivity index (χ1v) is 6.53. The van der Waals surface area contributed by atoms with Crippen LogP contribution in [-0.2, 0) is 6.54 Å². The number of benzene rings is 1. The van der Waals surface area contributed by atoms with Crippen molar-refractivity contribution in [2.24, 2.45) is 0 Å². The van der Waals surface area contributed by atoms with Crippen LogP contribution in [0.4, 0.5) is 0 Å². The van der Waals surface area contributed by atoms with Gasteiger partial charge in [0.2, 0.25) is 0 Å². The van der Waals surface area contributed by atoms with Gasteiger partial charge in [0.25, 0.3) is 0 Å². The van der Waals surface area contributed by atoms with E-state index in [4.69, 9.17) is 34.8 Å². The topological polar surface area (TPSA) is 36.4 Å². The summed E-state index contributed by atoms with van der Waals surface area (Å²) < 4.78 is 0. The summed E-state index contributed by atoms with van der Waals surface area (Å²) >= 11 is 17.6. The first-order chi connectivity index (χ1) is 8.52. The Labute approximate surface area is 120 Å². The zero-order valence-electron chi connectivity index (χ0n) is 9.62. The summed E-state index contributed by atoms with van der Waals surface area (Å²) in [5.41, 5.74) is 1.20. The van der Waals surface area contributed by atoms with Crippen LogP contribution in [0, 0.1) is 0 Å². The number of aromatic hydroxyl groups is 1. The van der Waals surface area contributed by atoms with Gasteiger partial charge in [0, 0.05) is 11.9 Å². The van der Waals surface area contributed by atoms with E-state index >= 15 is 0 Å². The molecule has 0 spiro atoms. The molecule has 1 aromatic heterocycles. The Bertz CT molecular complexity index is 589. The quantitative estimate of drug-likeness (QED) is 0.690. The van der Waals surface area contributed by atoms with Crippen molar-refractivity contribution in [3.63, 3.8) is 0 Å². The average molecular weight is 306 g/mol. The second kappa shape index (κ2) is 5.49. The van der Waals surface area contributed by atoms with Crippen LogP contribution in [0.5, 0.6) is 5.75 Å². The lowest BCUT2D eigenvalue weighted by Gasteiger charge is -2.13. The third-order valence-corrected chi connectivity index (χ3v) is 3.56.